The smallest absolute Gasteiger partial charge is 0.213 e. The van der Waals surface area contributed by atoms with Crippen LogP contribution in [0.1, 0.15) is 5.56 Å². The molecule has 0 spiro atoms. The number of benzene rings is 1. The van der Waals surface area contributed by atoms with Gasteiger partial charge in [0.1, 0.15) is 5.82 Å². The third-order valence-electron chi connectivity index (χ3n) is 2.58. The zero-order valence-corrected chi connectivity index (χ0v) is 11.0. The molecule has 2 rings (SSSR count). The second-order valence-electron chi connectivity index (χ2n) is 3.91. The van der Waals surface area contributed by atoms with Crippen molar-refractivity contribution < 1.29 is 9.13 Å². The third kappa shape index (κ3) is 3.26. The first-order chi connectivity index (χ1) is 9.10. The van der Waals surface area contributed by atoms with E-state index in [0.717, 1.165) is 5.56 Å². The molecule has 1 heterocycles. The van der Waals surface area contributed by atoms with E-state index in [1.807, 2.05) is 6.07 Å². The number of pyridine rings is 1. The Bertz CT molecular complexity index is 592. The Morgan fingerprint density at radius 3 is 2.95 bits per heavy atom. The Labute approximate surface area is 115 Å². The molecule has 1 aromatic heterocycles. The van der Waals surface area contributed by atoms with Gasteiger partial charge in [-0.3, -0.25) is 0 Å². The molecule has 0 atom stereocenters. The molecule has 3 N–H and O–H groups in total. The molecular formula is C13H13ClFN3O. The summed E-state index contributed by atoms with van der Waals surface area (Å²) in [6.45, 7) is 0.505. The third-order valence-corrected chi connectivity index (χ3v) is 2.87. The number of ether oxygens (including phenoxy) is 1. The van der Waals surface area contributed by atoms with Crippen LogP contribution in [0.15, 0.2) is 30.5 Å². The lowest BCUT2D eigenvalue weighted by atomic mass is 10.2. The Morgan fingerprint density at radius 2 is 2.21 bits per heavy atom. The summed E-state index contributed by atoms with van der Waals surface area (Å²) >= 11 is 5.71. The maximum atomic E-state index is 13.2. The number of nitrogen functional groups attached to an aromatic ring is 1. The molecule has 6 heteroatoms. The number of nitrogens with one attached hydrogen (secondary N) is 1. The van der Waals surface area contributed by atoms with Gasteiger partial charge >= 0.3 is 0 Å². The van der Waals surface area contributed by atoms with Gasteiger partial charge < -0.3 is 15.8 Å². The van der Waals surface area contributed by atoms with E-state index >= 15 is 0 Å². The van der Waals surface area contributed by atoms with E-state index in [4.69, 9.17) is 22.1 Å². The van der Waals surface area contributed by atoms with Crippen LogP contribution in [-0.4, -0.2) is 12.1 Å². The number of hydrogen-bond donors (Lipinski definition) is 2. The Hall–Kier alpha value is -2.01. The van der Waals surface area contributed by atoms with Gasteiger partial charge in [-0.25, -0.2) is 9.37 Å². The molecular weight excluding hydrogens is 269 g/mol. The average molecular weight is 282 g/mol. The fourth-order valence-corrected chi connectivity index (χ4v) is 1.75. The topological polar surface area (TPSA) is 60.2 Å². The van der Waals surface area contributed by atoms with Crippen molar-refractivity contribution in [2.24, 2.45) is 0 Å². The Balaban J connectivity index is 2.12. The fraction of sp³-hybridized carbons (Fsp3) is 0.154. The van der Waals surface area contributed by atoms with Crippen LogP contribution in [0.5, 0.6) is 5.88 Å². The summed E-state index contributed by atoms with van der Waals surface area (Å²) in [7, 11) is 1.55. The second kappa shape index (κ2) is 5.75. The van der Waals surface area contributed by atoms with E-state index in [1.165, 1.54) is 12.1 Å². The first-order valence-corrected chi connectivity index (χ1v) is 5.95. The molecule has 0 amide bonds. The van der Waals surface area contributed by atoms with Crippen molar-refractivity contribution in [1.29, 1.82) is 0 Å². The Morgan fingerprint density at radius 1 is 1.42 bits per heavy atom. The first kappa shape index (κ1) is 13.4. The SMILES string of the molecule is COc1cc(CNc2cc(Cl)c(F)cc2N)ccn1. The minimum Gasteiger partial charge on any atom is -0.481 e. The maximum absolute atomic E-state index is 13.2. The molecule has 0 aliphatic carbocycles. The van der Waals surface area contributed by atoms with Gasteiger partial charge in [0.05, 0.1) is 23.5 Å². The highest BCUT2D eigenvalue weighted by atomic mass is 35.5. The van der Waals surface area contributed by atoms with Crippen LogP contribution in [0.3, 0.4) is 0 Å². The molecule has 1 aromatic carbocycles. The van der Waals surface area contributed by atoms with Crippen molar-refractivity contribution in [1.82, 2.24) is 4.98 Å². The van der Waals surface area contributed by atoms with Crippen LogP contribution in [0.4, 0.5) is 15.8 Å². The van der Waals surface area contributed by atoms with Crippen molar-refractivity contribution in [3.63, 3.8) is 0 Å². The second-order valence-corrected chi connectivity index (χ2v) is 4.32. The summed E-state index contributed by atoms with van der Waals surface area (Å²) in [5, 5.41) is 3.12. The highest BCUT2D eigenvalue weighted by Crippen LogP contribution is 2.26. The van der Waals surface area contributed by atoms with E-state index in [0.29, 0.717) is 23.8 Å². The predicted molar refractivity (Wildman–Crippen MR) is 73.9 cm³/mol. The number of anilines is 2. The summed E-state index contributed by atoms with van der Waals surface area (Å²) in [6.07, 6.45) is 1.65. The number of nitrogens with two attached hydrogens (primary N) is 1. The molecule has 2 aromatic rings. The number of rotatable bonds is 4. The van der Waals surface area contributed by atoms with Gasteiger partial charge in [-0.1, -0.05) is 11.6 Å². The molecule has 4 nitrogen and oxygen atoms in total. The lowest BCUT2D eigenvalue weighted by Gasteiger charge is -2.10. The highest BCUT2D eigenvalue weighted by Gasteiger charge is 2.06. The first-order valence-electron chi connectivity index (χ1n) is 5.57. The van der Waals surface area contributed by atoms with Crippen LogP contribution in [0.25, 0.3) is 0 Å². The molecule has 100 valence electrons. The van der Waals surface area contributed by atoms with Crippen molar-refractivity contribution in [2.45, 2.75) is 6.54 Å². The lowest BCUT2D eigenvalue weighted by molar-refractivity contribution is 0.397. The zero-order chi connectivity index (χ0) is 13.8. The molecule has 0 aliphatic heterocycles. The normalized spacial score (nSPS) is 10.3. The average Bonchev–Trinajstić information content (AvgIpc) is 2.41. The van der Waals surface area contributed by atoms with E-state index in [2.05, 4.69) is 10.3 Å². The van der Waals surface area contributed by atoms with E-state index in [-0.39, 0.29) is 5.02 Å². The van der Waals surface area contributed by atoms with E-state index in [1.54, 1.807) is 19.4 Å². The Kier molecular flexibility index (Phi) is 4.06. The lowest BCUT2D eigenvalue weighted by Crippen LogP contribution is -2.03. The summed E-state index contributed by atoms with van der Waals surface area (Å²) in [5.41, 5.74) is 7.57. The minimum atomic E-state index is -0.532. The molecule has 0 unspecified atom stereocenters. The van der Waals surface area contributed by atoms with Gasteiger partial charge in [-0.05, 0) is 17.7 Å². The van der Waals surface area contributed by atoms with Crippen molar-refractivity contribution in [2.75, 3.05) is 18.2 Å². The number of nitrogens with zero attached hydrogens (tertiary/aromatic N) is 1. The fourth-order valence-electron chi connectivity index (χ4n) is 1.58. The largest absolute Gasteiger partial charge is 0.481 e. The standard InChI is InChI=1S/C13H13ClFN3O/c1-19-13-4-8(2-3-17-13)7-18-12-5-9(14)10(15)6-11(12)16/h2-6,18H,7,16H2,1H3. The number of aromatic nitrogens is 1. The van der Waals surface area contributed by atoms with Crippen molar-refractivity contribution >= 4 is 23.0 Å². The monoisotopic (exact) mass is 281 g/mol. The van der Waals surface area contributed by atoms with Gasteiger partial charge in [0.15, 0.2) is 0 Å². The van der Waals surface area contributed by atoms with E-state index < -0.39 is 5.82 Å². The number of methoxy groups -OCH3 is 1. The van der Waals surface area contributed by atoms with Crippen LogP contribution < -0.4 is 15.8 Å². The van der Waals surface area contributed by atoms with Gasteiger partial charge in [-0.2, -0.15) is 0 Å². The molecule has 0 aliphatic rings. The minimum absolute atomic E-state index is 0.0315. The van der Waals surface area contributed by atoms with E-state index in [9.17, 15) is 4.39 Å². The van der Waals surface area contributed by atoms with Gasteiger partial charge in [0.25, 0.3) is 0 Å². The van der Waals surface area contributed by atoms with Gasteiger partial charge in [-0.15, -0.1) is 0 Å². The summed E-state index contributed by atoms with van der Waals surface area (Å²) in [4.78, 5) is 4.01. The van der Waals surface area contributed by atoms with Crippen molar-refractivity contribution in [3.05, 3.63) is 46.9 Å². The quantitative estimate of drug-likeness (QED) is 0.846. The zero-order valence-electron chi connectivity index (χ0n) is 10.3. The molecule has 19 heavy (non-hydrogen) atoms. The van der Waals surface area contributed by atoms with Crippen molar-refractivity contribution in [3.8, 4) is 5.88 Å². The van der Waals surface area contributed by atoms with Crippen LogP contribution >= 0.6 is 11.6 Å². The maximum Gasteiger partial charge on any atom is 0.213 e. The number of hydrogen-bond acceptors (Lipinski definition) is 4. The summed E-state index contributed by atoms with van der Waals surface area (Å²) in [5.74, 6) is -0.000271. The molecule has 0 saturated carbocycles. The molecule has 0 radical (unpaired) electrons. The predicted octanol–water partition coefficient (Wildman–Crippen LogP) is 3.08. The summed E-state index contributed by atoms with van der Waals surface area (Å²) in [6, 6.07) is 6.30. The number of halogens is 2. The summed E-state index contributed by atoms with van der Waals surface area (Å²) < 4.78 is 18.2. The molecule has 0 bridgehead atoms. The highest BCUT2D eigenvalue weighted by molar-refractivity contribution is 6.31. The van der Waals surface area contributed by atoms with Crippen LogP contribution in [0, 0.1) is 5.82 Å². The van der Waals surface area contributed by atoms with Crippen LogP contribution in [-0.2, 0) is 6.54 Å². The van der Waals surface area contributed by atoms with Gasteiger partial charge in [0.2, 0.25) is 5.88 Å². The molecule has 0 saturated heterocycles. The van der Waals surface area contributed by atoms with Crippen LogP contribution in [0.2, 0.25) is 5.02 Å². The molecule has 0 fully saturated rings. The van der Waals surface area contributed by atoms with Gasteiger partial charge in [0, 0.05) is 24.9 Å².